The number of hydrazone groups is 1. The van der Waals surface area contributed by atoms with Gasteiger partial charge in [0.1, 0.15) is 5.75 Å². The van der Waals surface area contributed by atoms with Gasteiger partial charge in [-0.15, -0.1) is 0 Å². The van der Waals surface area contributed by atoms with Gasteiger partial charge in [-0.2, -0.15) is 5.10 Å². The number of amides is 1. The molecule has 0 saturated carbocycles. The van der Waals surface area contributed by atoms with Crippen LogP contribution < -0.4 is 19.6 Å². The quantitative estimate of drug-likeness (QED) is 0.423. The minimum absolute atomic E-state index is 0.151. The Bertz CT molecular complexity index is 891. The van der Waals surface area contributed by atoms with Gasteiger partial charge in [0.2, 0.25) is 0 Å². The molecule has 2 rings (SSSR count). The van der Waals surface area contributed by atoms with Crippen LogP contribution in [0, 0.1) is 24.0 Å². The highest BCUT2D eigenvalue weighted by atomic mass is 16.6. The van der Waals surface area contributed by atoms with E-state index in [1.165, 1.54) is 26.4 Å². The van der Waals surface area contributed by atoms with Crippen LogP contribution in [0.15, 0.2) is 35.4 Å². The molecule has 0 bridgehead atoms. The summed E-state index contributed by atoms with van der Waals surface area (Å²) in [6.07, 6.45) is 1.16. The Kier molecular flexibility index (Phi) is 6.91. The van der Waals surface area contributed by atoms with Crippen LogP contribution in [0.4, 0.5) is 5.69 Å². The molecule has 0 saturated heterocycles. The molecule has 2 aromatic rings. The molecular weight excluding hydrogens is 366 g/mol. The number of benzene rings is 2. The van der Waals surface area contributed by atoms with E-state index in [9.17, 15) is 14.9 Å². The lowest BCUT2D eigenvalue weighted by molar-refractivity contribution is -0.385. The number of hydrogen-bond acceptors (Lipinski definition) is 7. The largest absolute Gasteiger partial charge is 0.493 e. The molecule has 9 heteroatoms. The maximum absolute atomic E-state index is 11.9. The summed E-state index contributed by atoms with van der Waals surface area (Å²) in [4.78, 5) is 22.6. The number of carbonyl (C=O) groups excluding carboxylic acids is 1. The van der Waals surface area contributed by atoms with E-state index in [0.29, 0.717) is 11.5 Å². The van der Waals surface area contributed by atoms with Gasteiger partial charge < -0.3 is 14.2 Å². The molecule has 1 N–H and O–H groups in total. The molecule has 0 spiro atoms. The van der Waals surface area contributed by atoms with Crippen LogP contribution in [0.1, 0.15) is 16.7 Å². The van der Waals surface area contributed by atoms with Crippen molar-refractivity contribution < 1.29 is 23.9 Å². The zero-order chi connectivity index (χ0) is 20.7. The number of para-hydroxylation sites is 1. The van der Waals surface area contributed by atoms with Crippen molar-refractivity contribution in [3.05, 3.63) is 57.1 Å². The average molecular weight is 387 g/mol. The van der Waals surface area contributed by atoms with Crippen LogP contribution in [-0.2, 0) is 4.79 Å². The van der Waals surface area contributed by atoms with Crippen molar-refractivity contribution in [1.82, 2.24) is 5.43 Å². The summed E-state index contributed by atoms with van der Waals surface area (Å²) in [7, 11) is 2.79. The van der Waals surface area contributed by atoms with Gasteiger partial charge in [-0.05, 0) is 31.0 Å². The van der Waals surface area contributed by atoms with E-state index < -0.39 is 10.8 Å². The molecule has 28 heavy (non-hydrogen) atoms. The van der Waals surface area contributed by atoms with E-state index in [4.69, 9.17) is 14.2 Å². The molecule has 0 atom stereocenters. The van der Waals surface area contributed by atoms with Gasteiger partial charge in [0.15, 0.2) is 18.1 Å². The van der Waals surface area contributed by atoms with Crippen LogP contribution in [0.25, 0.3) is 0 Å². The van der Waals surface area contributed by atoms with Crippen molar-refractivity contribution in [3.63, 3.8) is 0 Å². The Balaban J connectivity index is 2.07. The van der Waals surface area contributed by atoms with Gasteiger partial charge in [-0.25, -0.2) is 5.43 Å². The first-order valence-electron chi connectivity index (χ1n) is 8.28. The second-order valence-electron chi connectivity index (χ2n) is 5.83. The summed E-state index contributed by atoms with van der Waals surface area (Å²) >= 11 is 0. The number of ether oxygens (including phenoxy) is 3. The highest BCUT2D eigenvalue weighted by Gasteiger charge is 2.18. The van der Waals surface area contributed by atoms with Crippen molar-refractivity contribution in [1.29, 1.82) is 0 Å². The second kappa shape index (κ2) is 9.36. The minimum atomic E-state index is -0.574. The topological polar surface area (TPSA) is 112 Å². The molecule has 1 amide bonds. The van der Waals surface area contributed by atoms with Gasteiger partial charge in [-0.3, -0.25) is 14.9 Å². The number of nitro benzene ring substituents is 1. The summed E-state index contributed by atoms with van der Waals surface area (Å²) in [5, 5.41) is 15.0. The predicted octanol–water partition coefficient (Wildman–Crippen LogP) is 2.76. The molecule has 0 aliphatic heterocycles. The van der Waals surface area contributed by atoms with E-state index in [1.807, 2.05) is 32.0 Å². The summed E-state index contributed by atoms with van der Waals surface area (Å²) in [6.45, 7) is 3.53. The third kappa shape index (κ3) is 4.97. The number of nitrogens with one attached hydrogen (secondary N) is 1. The number of nitrogens with zero attached hydrogens (tertiary/aromatic N) is 2. The van der Waals surface area contributed by atoms with Crippen LogP contribution in [-0.4, -0.2) is 37.9 Å². The highest BCUT2D eigenvalue weighted by Crippen LogP contribution is 2.33. The van der Waals surface area contributed by atoms with Crippen molar-refractivity contribution in [2.75, 3.05) is 20.8 Å². The Hall–Kier alpha value is -3.62. The maximum atomic E-state index is 11.9. The zero-order valence-corrected chi connectivity index (χ0v) is 16.0. The third-order valence-electron chi connectivity index (χ3n) is 3.88. The smallest absolute Gasteiger partial charge is 0.282 e. The normalized spacial score (nSPS) is 10.6. The summed E-state index contributed by atoms with van der Waals surface area (Å²) in [6, 6.07) is 8.30. The first kappa shape index (κ1) is 20.7. The molecule has 0 aliphatic rings. The van der Waals surface area contributed by atoms with Crippen LogP contribution in [0.5, 0.6) is 17.2 Å². The molecule has 0 aliphatic carbocycles. The van der Waals surface area contributed by atoms with E-state index >= 15 is 0 Å². The predicted molar refractivity (Wildman–Crippen MR) is 103 cm³/mol. The van der Waals surface area contributed by atoms with Crippen molar-refractivity contribution in [2.45, 2.75) is 13.8 Å². The lowest BCUT2D eigenvalue weighted by Crippen LogP contribution is -2.25. The average Bonchev–Trinajstić information content (AvgIpc) is 2.66. The monoisotopic (exact) mass is 387 g/mol. The molecule has 0 heterocycles. The SMILES string of the molecule is COc1cc(/C=N\NC(=O)COc2c(C)cccc2C)c([N+](=O)[O-])cc1OC. The summed E-state index contributed by atoms with van der Waals surface area (Å²) in [5.74, 6) is 0.663. The maximum Gasteiger partial charge on any atom is 0.282 e. The van der Waals surface area contributed by atoms with Gasteiger partial charge in [-0.1, -0.05) is 18.2 Å². The zero-order valence-electron chi connectivity index (χ0n) is 16.0. The van der Waals surface area contributed by atoms with Gasteiger partial charge >= 0.3 is 0 Å². The number of hydrogen-bond donors (Lipinski definition) is 1. The number of carbonyl (C=O) groups is 1. The Labute approximate surface area is 162 Å². The van der Waals surface area contributed by atoms with Crippen molar-refractivity contribution in [2.24, 2.45) is 5.10 Å². The minimum Gasteiger partial charge on any atom is -0.493 e. The first-order valence-corrected chi connectivity index (χ1v) is 8.28. The van der Waals surface area contributed by atoms with Crippen molar-refractivity contribution >= 4 is 17.8 Å². The highest BCUT2D eigenvalue weighted by molar-refractivity contribution is 5.88. The van der Waals surface area contributed by atoms with Crippen LogP contribution in [0.2, 0.25) is 0 Å². The van der Waals surface area contributed by atoms with Crippen LogP contribution in [0.3, 0.4) is 0 Å². The van der Waals surface area contributed by atoms with E-state index in [2.05, 4.69) is 10.5 Å². The molecule has 148 valence electrons. The van der Waals surface area contributed by atoms with E-state index in [1.54, 1.807) is 0 Å². The first-order chi connectivity index (χ1) is 13.4. The molecule has 0 fully saturated rings. The fourth-order valence-corrected chi connectivity index (χ4v) is 2.52. The number of nitro groups is 1. The molecule has 0 aromatic heterocycles. The second-order valence-corrected chi connectivity index (χ2v) is 5.83. The number of methoxy groups -OCH3 is 2. The molecule has 0 radical (unpaired) electrons. The summed E-state index contributed by atoms with van der Waals surface area (Å²) < 4.78 is 15.7. The standard InChI is InChI=1S/C19H21N3O6/c1-12-6-5-7-13(2)19(12)28-11-18(23)21-20-10-14-8-16(26-3)17(27-4)9-15(14)22(24)25/h5-10H,11H2,1-4H3,(H,21,23)/b20-10-. The molecule has 9 nitrogen and oxygen atoms in total. The third-order valence-corrected chi connectivity index (χ3v) is 3.88. The van der Waals surface area contributed by atoms with E-state index in [0.717, 1.165) is 17.3 Å². The molecule has 0 unspecified atom stereocenters. The van der Waals surface area contributed by atoms with Gasteiger partial charge in [0, 0.05) is 0 Å². The van der Waals surface area contributed by atoms with E-state index in [-0.39, 0.29) is 23.6 Å². The number of aryl methyl sites for hydroxylation is 2. The van der Waals surface area contributed by atoms with Crippen LogP contribution >= 0.6 is 0 Å². The number of rotatable bonds is 8. The van der Waals surface area contributed by atoms with Gasteiger partial charge in [0.25, 0.3) is 11.6 Å². The lowest BCUT2D eigenvalue weighted by Gasteiger charge is -2.10. The molecular formula is C19H21N3O6. The fourth-order valence-electron chi connectivity index (χ4n) is 2.52. The Morgan fingerprint density at radius 1 is 1.18 bits per heavy atom. The van der Waals surface area contributed by atoms with Gasteiger partial charge in [0.05, 0.1) is 37.0 Å². The van der Waals surface area contributed by atoms with Crippen molar-refractivity contribution in [3.8, 4) is 17.2 Å². The molecule has 2 aromatic carbocycles. The Morgan fingerprint density at radius 3 is 2.36 bits per heavy atom. The summed E-state index contributed by atoms with van der Waals surface area (Å²) in [5.41, 5.74) is 4.03. The lowest BCUT2D eigenvalue weighted by atomic mass is 10.1. The Morgan fingerprint density at radius 2 is 1.79 bits per heavy atom. The fraction of sp³-hybridized carbons (Fsp3) is 0.263.